The molecular weight excluding hydrogens is 319 g/mol. The van der Waals surface area contributed by atoms with Gasteiger partial charge in [-0.1, -0.05) is 26.2 Å². The molecule has 0 aromatic carbocycles. The fourth-order valence-corrected chi connectivity index (χ4v) is 2.29. The van der Waals surface area contributed by atoms with E-state index in [1.807, 2.05) is 22.6 Å². The van der Waals surface area contributed by atoms with Crippen LogP contribution in [-0.2, 0) is 13.6 Å². The fourth-order valence-electron chi connectivity index (χ4n) is 1.58. The van der Waals surface area contributed by atoms with Crippen molar-refractivity contribution >= 4 is 22.6 Å². The van der Waals surface area contributed by atoms with Gasteiger partial charge in [-0.25, -0.2) is 4.79 Å². The van der Waals surface area contributed by atoms with Crippen molar-refractivity contribution in [3.63, 3.8) is 0 Å². The van der Waals surface area contributed by atoms with Crippen LogP contribution >= 0.6 is 22.6 Å². The minimum atomic E-state index is -0.220. The first-order chi connectivity index (χ1) is 7.57. The Kier molecular flexibility index (Phi) is 5.24. The van der Waals surface area contributed by atoms with Gasteiger partial charge in [0.15, 0.2) is 0 Å². The minimum absolute atomic E-state index is 0.166. The number of aryl methyl sites for hydroxylation is 1. The zero-order valence-electron chi connectivity index (χ0n) is 9.70. The van der Waals surface area contributed by atoms with E-state index in [0.717, 1.165) is 25.7 Å². The molecule has 4 nitrogen and oxygen atoms in total. The van der Waals surface area contributed by atoms with Gasteiger partial charge >= 0.3 is 5.69 Å². The molecule has 1 heterocycles. The molecule has 0 amide bonds. The summed E-state index contributed by atoms with van der Waals surface area (Å²) in [5, 5.41) is 0. The lowest BCUT2D eigenvalue weighted by Gasteiger charge is -2.07. The number of halogens is 1. The second kappa shape index (κ2) is 6.22. The largest absolute Gasteiger partial charge is 0.330 e. The van der Waals surface area contributed by atoms with Gasteiger partial charge in [-0.2, -0.15) is 0 Å². The number of rotatable bonds is 5. The smallest absolute Gasteiger partial charge is 0.302 e. The lowest BCUT2D eigenvalue weighted by Crippen LogP contribution is -2.39. The van der Waals surface area contributed by atoms with Gasteiger partial charge in [0.05, 0.1) is 3.57 Å². The summed E-state index contributed by atoms with van der Waals surface area (Å²) in [5.41, 5.74) is -0.387. The van der Waals surface area contributed by atoms with Crippen LogP contribution < -0.4 is 11.2 Å². The zero-order valence-corrected chi connectivity index (χ0v) is 11.9. The van der Waals surface area contributed by atoms with Gasteiger partial charge in [0.2, 0.25) is 0 Å². The van der Waals surface area contributed by atoms with Crippen molar-refractivity contribution in [1.29, 1.82) is 0 Å². The summed E-state index contributed by atoms with van der Waals surface area (Å²) in [6.07, 6.45) is 5.84. The standard InChI is InChI=1S/C11H17IN2O2/c1-3-4-5-6-7-14-10(15)9(12)8-13(2)11(14)16/h8H,3-7H2,1-2H3. The van der Waals surface area contributed by atoms with E-state index in [1.165, 1.54) is 9.13 Å². The van der Waals surface area contributed by atoms with Crippen molar-refractivity contribution in [2.24, 2.45) is 7.05 Å². The van der Waals surface area contributed by atoms with Crippen molar-refractivity contribution < 1.29 is 0 Å². The van der Waals surface area contributed by atoms with Gasteiger partial charge in [0.1, 0.15) is 0 Å². The highest BCUT2D eigenvalue weighted by atomic mass is 127. The van der Waals surface area contributed by atoms with Crippen LogP contribution in [0, 0.1) is 3.57 Å². The van der Waals surface area contributed by atoms with Crippen molar-refractivity contribution in [1.82, 2.24) is 9.13 Å². The van der Waals surface area contributed by atoms with Crippen LogP contribution in [0.25, 0.3) is 0 Å². The number of aromatic nitrogens is 2. The molecule has 0 unspecified atom stereocenters. The quantitative estimate of drug-likeness (QED) is 0.607. The molecule has 0 bridgehead atoms. The van der Waals surface area contributed by atoms with Crippen LogP contribution in [0.3, 0.4) is 0 Å². The maximum Gasteiger partial charge on any atom is 0.330 e. The average molecular weight is 336 g/mol. The number of unbranched alkanes of at least 4 members (excludes halogenated alkanes) is 3. The van der Waals surface area contributed by atoms with Gasteiger partial charge in [-0.3, -0.25) is 9.36 Å². The van der Waals surface area contributed by atoms with Crippen LogP contribution in [0.5, 0.6) is 0 Å². The Balaban J connectivity index is 2.87. The van der Waals surface area contributed by atoms with Gasteiger partial charge < -0.3 is 4.57 Å². The van der Waals surface area contributed by atoms with E-state index in [2.05, 4.69) is 6.92 Å². The Labute approximate surface area is 108 Å². The number of hydrogen-bond donors (Lipinski definition) is 0. The maximum atomic E-state index is 11.7. The molecule has 0 fully saturated rings. The third-order valence-electron chi connectivity index (χ3n) is 2.52. The number of nitrogens with zero attached hydrogens (tertiary/aromatic N) is 2. The molecule has 0 saturated carbocycles. The monoisotopic (exact) mass is 336 g/mol. The van der Waals surface area contributed by atoms with E-state index in [0.29, 0.717) is 10.1 Å². The first-order valence-electron chi connectivity index (χ1n) is 5.54. The average Bonchev–Trinajstić information content (AvgIpc) is 2.25. The van der Waals surface area contributed by atoms with E-state index in [4.69, 9.17) is 0 Å². The number of hydrogen-bond acceptors (Lipinski definition) is 2. The highest BCUT2D eigenvalue weighted by molar-refractivity contribution is 14.1. The third kappa shape index (κ3) is 3.20. The first-order valence-corrected chi connectivity index (χ1v) is 6.61. The molecule has 5 heteroatoms. The molecule has 16 heavy (non-hydrogen) atoms. The molecule has 0 saturated heterocycles. The van der Waals surface area contributed by atoms with Crippen molar-refractivity contribution in [3.05, 3.63) is 30.6 Å². The van der Waals surface area contributed by atoms with E-state index in [9.17, 15) is 9.59 Å². The summed E-state index contributed by atoms with van der Waals surface area (Å²) in [7, 11) is 1.67. The van der Waals surface area contributed by atoms with E-state index in [1.54, 1.807) is 13.2 Å². The van der Waals surface area contributed by atoms with E-state index >= 15 is 0 Å². The van der Waals surface area contributed by atoms with Gasteiger partial charge in [-0.05, 0) is 29.0 Å². The van der Waals surface area contributed by atoms with E-state index < -0.39 is 0 Å². The third-order valence-corrected chi connectivity index (χ3v) is 3.26. The molecule has 1 rings (SSSR count). The van der Waals surface area contributed by atoms with Crippen LogP contribution in [-0.4, -0.2) is 9.13 Å². The minimum Gasteiger partial charge on any atom is -0.302 e. The second-order valence-corrected chi connectivity index (χ2v) is 5.05. The summed E-state index contributed by atoms with van der Waals surface area (Å²) in [6, 6.07) is 0. The Morgan fingerprint density at radius 1 is 1.25 bits per heavy atom. The van der Waals surface area contributed by atoms with Gasteiger partial charge in [0.25, 0.3) is 5.56 Å². The van der Waals surface area contributed by atoms with Gasteiger partial charge in [0, 0.05) is 19.8 Å². The SMILES string of the molecule is CCCCCCn1c(=O)c(I)cn(C)c1=O. The summed E-state index contributed by atoms with van der Waals surface area (Å²) in [6.45, 7) is 2.67. The molecule has 0 aliphatic carbocycles. The second-order valence-electron chi connectivity index (χ2n) is 3.89. The van der Waals surface area contributed by atoms with Crippen molar-refractivity contribution in [2.45, 2.75) is 39.2 Å². The Morgan fingerprint density at radius 3 is 2.56 bits per heavy atom. The molecule has 1 aromatic heterocycles. The maximum absolute atomic E-state index is 11.7. The topological polar surface area (TPSA) is 44.0 Å². The van der Waals surface area contributed by atoms with Crippen LogP contribution in [0.4, 0.5) is 0 Å². The first kappa shape index (κ1) is 13.5. The fraction of sp³-hybridized carbons (Fsp3) is 0.636. The zero-order chi connectivity index (χ0) is 12.1. The molecule has 0 aliphatic heterocycles. The molecule has 0 aliphatic rings. The highest BCUT2D eigenvalue weighted by Gasteiger charge is 2.06. The summed E-state index contributed by atoms with van der Waals surface area (Å²) in [4.78, 5) is 23.5. The van der Waals surface area contributed by atoms with Crippen LogP contribution in [0.1, 0.15) is 32.6 Å². The Morgan fingerprint density at radius 2 is 1.94 bits per heavy atom. The summed E-state index contributed by atoms with van der Waals surface area (Å²) < 4.78 is 3.38. The summed E-state index contributed by atoms with van der Waals surface area (Å²) in [5.74, 6) is 0. The lowest BCUT2D eigenvalue weighted by atomic mass is 10.2. The molecular formula is C11H17IN2O2. The van der Waals surface area contributed by atoms with Crippen molar-refractivity contribution in [3.8, 4) is 0 Å². The molecule has 0 atom stereocenters. The van der Waals surface area contributed by atoms with Crippen molar-refractivity contribution in [2.75, 3.05) is 0 Å². The normalized spacial score (nSPS) is 10.7. The molecule has 90 valence electrons. The van der Waals surface area contributed by atoms with Gasteiger partial charge in [-0.15, -0.1) is 0 Å². The Hall–Kier alpha value is -0.590. The van der Waals surface area contributed by atoms with E-state index in [-0.39, 0.29) is 11.2 Å². The predicted octanol–water partition coefficient (Wildman–Crippen LogP) is 1.73. The molecule has 1 aromatic rings. The van der Waals surface area contributed by atoms with Crippen LogP contribution in [0.2, 0.25) is 0 Å². The predicted molar refractivity (Wildman–Crippen MR) is 72.8 cm³/mol. The summed E-state index contributed by atoms with van der Waals surface area (Å²) >= 11 is 1.97. The highest BCUT2D eigenvalue weighted by Crippen LogP contribution is 2.00. The van der Waals surface area contributed by atoms with Crippen LogP contribution in [0.15, 0.2) is 15.8 Å². The molecule has 0 spiro atoms. The molecule has 0 N–H and O–H groups in total. The molecule has 0 radical (unpaired) electrons. The lowest BCUT2D eigenvalue weighted by molar-refractivity contribution is 0.530. The Bertz CT molecular complexity index is 428.